The molecule has 2 atom stereocenters. The Labute approximate surface area is 152 Å². The molecule has 9 heteroatoms. The zero-order valence-corrected chi connectivity index (χ0v) is 15.2. The minimum atomic E-state index is -3.52. The van der Waals surface area contributed by atoms with Crippen LogP contribution >= 0.6 is 0 Å². The number of hydrogen-bond acceptors (Lipinski definition) is 6. The lowest BCUT2D eigenvalue weighted by Crippen LogP contribution is -2.49. The van der Waals surface area contributed by atoms with Gasteiger partial charge in [-0.2, -0.15) is 4.52 Å². The van der Waals surface area contributed by atoms with Gasteiger partial charge in [0.15, 0.2) is 26.8 Å². The average molecular weight is 372 g/mol. The van der Waals surface area contributed by atoms with Crippen LogP contribution in [0.5, 0.6) is 0 Å². The molecule has 136 valence electrons. The molecule has 4 rings (SSSR count). The van der Waals surface area contributed by atoms with E-state index in [1.165, 1.54) is 0 Å². The van der Waals surface area contributed by atoms with Crippen molar-refractivity contribution in [1.82, 2.24) is 24.5 Å². The molecular weight excluding hydrogens is 352 g/mol. The average Bonchev–Trinajstić information content (AvgIpc) is 3.03. The van der Waals surface area contributed by atoms with Crippen LogP contribution in [0.3, 0.4) is 0 Å². The first kappa shape index (κ1) is 17.1. The van der Waals surface area contributed by atoms with Crippen molar-refractivity contribution in [1.29, 1.82) is 0 Å². The van der Waals surface area contributed by atoms with Gasteiger partial charge in [-0.15, -0.1) is 20.0 Å². The Kier molecular flexibility index (Phi) is 4.43. The second-order valence-electron chi connectivity index (χ2n) is 6.43. The molecule has 1 N–H and O–H groups in total. The van der Waals surface area contributed by atoms with Crippen molar-refractivity contribution < 1.29 is 8.76 Å². The lowest BCUT2D eigenvalue weighted by molar-refractivity contribution is 0.421. The Morgan fingerprint density at radius 3 is 2.81 bits per heavy atom. The van der Waals surface area contributed by atoms with Crippen LogP contribution in [0.2, 0.25) is 0 Å². The highest BCUT2D eigenvalue weighted by atomic mass is 32.3. The highest BCUT2D eigenvalue weighted by Crippen LogP contribution is 2.21. The molecule has 2 aromatic heterocycles. The van der Waals surface area contributed by atoms with E-state index in [0.29, 0.717) is 12.2 Å². The van der Waals surface area contributed by atoms with Gasteiger partial charge in [0.1, 0.15) is 5.82 Å². The van der Waals surface area contributed by atoms with Gasteiger partial charge in [0.2, 0.25) is 0 Å². The number of hydrogen-bond donors (Lipinski definition) is 1. The number of piperidine rings is 1. The maximum absolute atomic E-state index is 12.6. The van der Waals surface area contributed by atoms with Crippen LogP contribution in [0.25, 0.3) is 5.65 Å². The van der Waals surface area contributed by atoms with Crippen molar-refractivity contribution in [3.63, 3.8) is 0 Å². The fourth-order valence-electron chi connectivity index (χ4n) is 3.22. The largest absolute Gasteiger partial charge is 0.593 e. The van der Waals surface area contributed by atoms with Gasteiger partial charge in [-0.05, 0) is 44.0 Å². The van der Waals surface area contributed by atoms with Crippen molar-refractivity contribution >= 4 is 21.9 Å². The lowest BCUT2D eigenvalue weighted by Gasteiger charge is -2.34. The summed E-state index contributed by atoms with van der Waals surface area (Å²) in [7, 11) is -3.52. The molecule has 0 aliphatic carbocycles. The van der Waals surface area contributed by atoms with Gasteiger partial charge in [-0.25, -0.2) is 0 Å². The van der Waals surface area contributed by atoms with E-state index < -0.39 is 10.4 Å². The van der Waals surface area contributed by atoms with Gasteiger partial charge in [-0.1, -0.05) is 22.4 Å². The van der Waals surface area contributed by atoms with Crippen LogP contribution < -0.4 is 9.62 Å². The summed E-state index contributed by atoms with van der Waals surface area (Å²) in [6, 6.07) is 12.1. The van der Waals surface area contributed by atoms with Gasteiger partial charge in [-0.3, -0.25) is 0 Å². The first-order valence-electron chi connectivity index (χ1n) is 8.54. The van der Waals surface area contributed by atoms with Gasteiger partial charge in [0.25, 0.3) is 0 Å². The van der Waals surface area contributed by atoms with Gasteiger partial charge in [0.05, 0.1) is 6.04 Å². The normalized spacial score (nSPS) is 20.2. The topological polar surface area (TPSA) is 98.5 Å². The monoisotopic (exact) mass is 372 g/mol. The molecule has 1 fully saturated rings. The van der Waals surface area contributed by atoms with Crippen LogP contribution in [-0.4, -0.2) is 43.5 Å². The first-order valence-corrected chi connectivity index (χ1v) is 10.0. The number of benzene rings is 1. The molecule has 3 aromatic rings. The molecule has 26 heavy (non-hydrogen) atoms. The summed E-state index contributed by atoms with van der Waals surface area (Å²) in [6.07, 6.45) is 1.69. The van der Waals surface area contributed by atoms with Crippen LogP contribution in [0.4, 0.5) is 5.82 Å². The molecule has 1 aliphatic heterocycles. The number of fused-ring (bicyclic) bond motifs is 1. The highest BCUT2D eigenvalue weighted by Gasteiger charge is 2.29. The van der Waals surface area contributed by atoms with Crippen molar-refractivity contribution in [2.24, 2.45) is 0 Å². The van der Waals surface area contributed by atoms with E-state index in [0.717, 1.165) is 31.0 Å². The first-order chi connectivity index (χ1) is 12.5. The number of aryl methyl sites for hydroxylation is 1. The molecule has 0 amide bonds. The second kappa shape index (κ2) is 6.75. The summed E-state index contributed by atoms with van der Waals surface area (Å²) < 4.78 is 29.7. The Morgan fingerprint density at radius 1 is 1.19 bits per heavy atom. The number of sulfonamides is 1. The van der Waals surface area contributed by atoms with E-state index in [9.17, 15) is 8.76 Å². The number of nitrogens with one attached hydrogen (secondary N) is 1. The standard InChI is InChI=1S/C17H20N6O2S/c1-13-18-19-16-9-10-17(20-23(13)16)22-11-5-6-14(12-22)21-26(24,25)15-7-3-2-4-8-15/h2-4,7-10,14H,5-6,11-12H2,1H3,(H-,21,24,25). The predicted octanol–water partition coefficient (Wildman–Crippen LogP) is 1.60. The third-order valence-corrected chi connectivity index (χ3v) is 6.06. The summed E-state index contributed by atoms with van der Waals surface area (Å²) in [5.41, 5.74) is 0.699. The van der Waals surface area contributed by atoms with Gasteiger partial charge < -0.3 is 9.45 Å². The molecule has 0 radical (unpaired) electrons. The summed E-state index contributed by atoms with van der Waals surface area (Å²) in [6.45, 7) is 3.26. The maximum Gasteiger partial charge on any atom is 0.178 e. The summed E-state index contributed by atoms with van der Waals surface area (Å²) in [5, 5.41) is 12.6. The maximum atomic E-state index is 12.6. The Morgan fingerprint density at radius 2 is 2.00 bits per heavy atom. The molecule has 0 saturated carbocycles. The van der Waals surface area contributed by atoms with Crippen LogP contribution in [0, 0.1) is 6.92 Å². The fraction of sp³-hybridized carbons (Fsp3) is 0.353. The van der Waals surface area contributed by atoms with Gasteiger partial charge in [0, 0.05) is 13.1 Å². The van der Waals surface area contributed by atoms with Crippen molar-refractivity contribution in [2.45, 2.75) is 30.7 Å². The number of rotatable bonds is 4. The molecule has 0 bridgehead atoms. The Balaban J connectivity index is 1.51. The Hall–Kier alpha value is -2.36. The van der Waals surface area contributed by atoms with E-state index >= 15 is 0 Å². The Bertz CT molecular complexity index is 960. The number of anilines is 1. The SMILES string of the molecule is Cc1nnc2ccc(N3CCCC(N[S+](=O)([O-])c4ccccc4)C3)nn12. The minimum Gasteiger partial charge on any atom is -0.593 e. The van der Waals surface area contributed by atoms with Crippen molar-refractivity contribution in [2.75, 3.05) is 18.0 Å². The molecular formula is C17H20N6O2S. The van der Waals surface area contributed by atoms with E-state index in [1.807, 2.05) is 19.1 Å². The molecule has 1 saturated heterocycles. The molecule has 1 aromatic carbocycles. The van der Waals surface area contributed by atoms with E-state index in [2.05, 4.69) is 24.9 Å². The predicted molar refractivity (Wildman–Crippen MR) is 97.4 cm³/mol. The van der Waals surface area contributed by atoms with Crippen LogP contribution in [0.15, 0.2) is 47.4 Å². The molecule has 0 spiro atoms. The van der Waals surface area contributed by atoms with Gasteiger partial charge >= 0.3 is 0 Å². The van der Waals surface area contributed by atoms with E-state index in [1.54, 1.807) is 34.8 Å². The molecule has 2 unspecified atom stereocenters. The van der Waals surface area contributed by atoms with Crippen LogP contribution in [-0.2, 0) is 14.6 Å². The summed E-state index contributed by atoms with van der Waals surface area (Å²) >= 11 is 0. The van der Waals surface area contributed by atoms with Crippen molar-refractivity contribution in [3.8, 4) is 0 Å². The fourth-order valence-corrected chi connectivity index (χ4v) is 4.51. The van der Waals surface area contributed by atoms with E-state index in [4.69, 9.17) is 0 Å². The highest BCUT2D eigenvalue weighted by molar-refractivity contribution is 7.95. The second-order valence-corrected chi connectivity index (χ2v) is 8.14. The minimum absolute atomic E-state index is 0.159. The van der Waals surface area contributed by atoms with E-state index in [-0.39, 0.29) is 10.9 Å². The molecule has 3 heterocycles. The third-order valence-electron chi connectivity index (χ3n) is 4.53. The molecule has 8 nitrogen and oxygen atoms in total. The smallest absolute Gasteiger partial charge is 0.178 e. The van der Waals surface area contributed by atoms with Crippen molar-refractivity contribution in [3.05, 3.63) is 48.3 Å². The zero-order valence-electron chi connectivity index (χ0n) is 14.4. The third kappa shape index (κ3) is 3.33. The summed E-state index contributed by atoms with van der Waals surface area (Å²) in [5.74, 6) is 1.52. The summed E-state index contributed by atoms with van der Waals surface area (Å²) in [4.78, 5) is 2.39. The zero-order chi connectivity index (χ0) is 18.1. The quantitative estimate of drug-likeness (QED) is 0.699. The van der Waals surface area contributed by atoms with Crippen LogP contribution in [0.1, 0.15) is 18.7 Å². The molecule has 1 aliphatic rings. The number of aromatic nitrogens is 4. The number of nitrogens with zero attached hydrogens (tertiary/aromatic N) is 5. The lowest BCUT2D eigenvalue weighted by atomic mass is 10.1.